The van der Waals surface area contributed by atoms with Crippen LogP contribution < -0.4 is 5.73 Å². The van der Waals surface area contributed by atoms with Gasteiger partial charge in [0, 0.05) is 31.5 Å². The number of nitrogens with zero attached hydrogens (tertiary/aromatic N) is 2. The van der Waals surface area contributed by atoms with Gasteiger partial charge in [-0.15, -0.1) is 0 Å². The lowest BCUT2D eigenvalue weighted by atomic mass is 9.93. The van der Waals surface area contributed by atoms with E-state index < -0.39 is 0 Å². The summed E-state index contributed by atoms with van der Waals surface area (Å²) in [7, 11) is 0. The standard InChI is InChI=1S/C15H23N3O/c1-12-9-13(11-17-10-12)15(19)18(8-7-16)14-5-3-2-4-6-14/h9-11,14H,2-8,16H2,1H3. The highest BCUT2D eigenvalue weighted by Crippen LogP contribution is 2.23. The van der Waals surface area contributed by atoms with E-state index in [0.717, 1.165) is 18.4 Å². The monoisotopic (exact) mass is 261 g/mol. The van der Waals surface area contributed by atoms with Crippen LogP contribution in [-0.4, -0.2) is 34.9 Å². The molecule has 19 heavy (non-hydrogen) atoms. The van der Waals surface area contributed by atoms with E-state index in [0.29, 0.717) is 24.7 Å². The second-order valence-electron chi connectivity index (χ2n) is 5.33. The molecule has 0 saturated heterocycles. The van der Waals surface area contributed by atoms with E-state index in [2.05, 4.69) is 4.98 Å². The Morgan fingerprint density at radius 1 is 1.37 bits per heavy atom. The molecule has 1 aromatic heterocycles. The summed E-state index contributed by atoms with van der Waals surface area (Å²) in [6, 6.07) is 2.26. The first-order chi connectivity index (χ1) is 9.22. The van der Waals surface area contributed by atoms with E-state index >= 15 is 0 Å². The third-order valence-corrected chi connectivity index (χ3v) is 3.77. The third kappa shape index (κ3) is 3.53. The highest BCUT2D eigenvalue weighted by atomic mass is 16.2. The molecule has 1 fully saturated rings. The van der Waals surface area contributed by atoms with Gasteiger partial charge in [-0.05, 0) is 31.4 Å². The van der Waals surface area contributed by atoms with Crippen LogP contribution in [0.4, 0.5) is 0 Å². The van der Waals surface area contributed by atoms with Crippen LogP contribution in [0.3, 0.4) is 0 Å². The van der Waals surface area contributed by atoms with Gasteiger partial charge in [0.05, 0.1) is 5.56 Å². The molecule has 0 spiro atoms. The van der Waals surface area contributed by atoms with Crippen LogP contribution in [-0.2, 0) is 0 Å². The lowest BCUT2D eigenvalue weighted by Crippen LogP contribution is -2.44. The summed E-state index contributed by atoms with van der Waals surface area (Å²) >= 11 is 0. The Balaban J connectivity index is 2.15. The quantitative estimate of drug-likeness (QED) is 0.903. The Hall–Kier alpha value is -1.42. The van der Waals surface area contributed by atoms with Crippen molar-refractivity contribution in [3.05, 3.63) is 29.6 Å². The van der Waals surface area contributed by atoms with Gasteiger partial charge in [0.1, 0.15) is 0 Å². The molecule has 0 bridgehead atoms. The fourth-order valence-corrected chi connectivity index (χ4v) is 2.82. The van der Waals surface area contributed by atoms with Gasteiger partial charge in [-0.3, -0.25) is 9.78 Å². The lowest BCUT2D eigenvalue weighted by Gasteiger charge is -2.34. The van der Waals surface area contributed by atoms with Crippen molar-refractivity contribution in [2.24, 2.45) is 5.73 Å². The van der Waals surface area contributed by atoms with Crippen LogP contribution in [0.5, 0.6) is 0 Å². The highest BCUT2D eigenvalue weighted by molar-refractivity contribution is 5.94. The summed E-state index contributed by atoms with van der Waals surface area (Å²) in [5.41, 5.74) is 7.37. The van der Waals surface area contributed by atoms with E-state index in [1.165, 1.54) is 19.3 Å². The van der Waals surface area contributed by atoms with Crippen molar-refractivity contribution in [1.29, 1.82) is 0 Å². The number of amides is 1. The van der Waals surface area contributed by atoms with Crippen molar-refractivity contribution >= 4 is 5.91 Å². The minimum absolute atomic E-state index is 0.0774. The van der Waals surface area contributed by atoms with Gasteiger partial charge in [0.25, 0.3) is 5.91 Å². The Morgan fingerprint density at radius 3 is 2.74 bits per heavy atom. The van der Waals surface area contributed by atoms with E-state index in [9.17, 15) is 4.79 Å². The summed E-state index contributed by atoms with van der Waals surface area (Å²) < 4.78 is 0. The summed E-state index contributed by atoms with van der Waals surface area (Å²) in [5.74, 6) is 0.0774. The van der Waals surface area contributed by atoms with E-state index in [4.69, 9.17) is 5.73 Å². The number of carbonyl (C=O) groups is 1. The van der Waals surface area contributed by atoms with Gasteiger partial charge in [0.2, 0.25) is 0 Å². The molecule has 1 amide bonds. The van der Waals surface area contributed by atoms with Crippen molar-refractivity contribution in [2.45, 2.75) is 45.1 Å². The molecule has 2 N–H and O–H groups in total. The van der Waals surface area contributed by atoms with Gasteiger partial charge in [-0.2, -0.15) is 0 Å². The summed E-state index contributed by atoms with van der Waals surface area (Å²) in [6.07, 6.45) is 9.34. The largest absolute Gasteiger partial charge is 0.334 e. The molecule has 2 rings (SSSR count). The average Bonchev–Trinajstić information content (AvgIpc) is 2.45. The van der Waals surface area contributed by atoms with Crippen LogP contribution in [0.15, 0.2) is 18.5 Å². The van der Waals surface area contributed by atoms with E-state index in [1.807, 2.05) is 17.9 Å². The van der Waals surface area contributed by atoms with Gasteiger partial charge in [-0.25, -0.2) is 0 Å². The number of nitrogens with two attached hydrogens (primary N) is 1. The number of pyridine rings is 1. The Labute approximate surface area is 115 Å². The molecule has 1 saturated carbocycles. The zero-order valence-electron chi connectivity index (χ0n) is 11.6. The molecule has 1 aromatic rings. The molecule has 0 unspecified atom stereocenters. The molecule has 1 aliphatic carbocycles. The third-order valence-electron chi connectivity index (χ3n) is 3.77. The first-order valence-electron chi connectivity index (χ1n) is 7.15. The maximum atomic E-state index is 12.6. The zero-order valence-corrected chi connectivity index (χ0v) is 11.6. The van der Waals surface area contributed by atoms with E-state index in [1.54, 1.807) is 12.4 Å². The normalized spacial score (nSPS) is 16.3. The van der Waals surface area contributed by atoms with E-state index in [-0.39, 0.29) is 5.91 Å². The first kappa shape index (κ1) is 14.0. The predicted octanol–water partition coefficient (Wildman–Crippen LogP) is 2.12. The van der Waals surface area contributed by atoms with Crippen molar-refractivity contribution in [2.75, 3.05) is 13.1 Å². The predicted molar refractivity (Wildman–Crippen MR) is 75.9 cm³/mol. The van der Waals surface area contributed by atoms with Crippen molar-refractivity contribution in [1.82, 2.24) is 9.88 Å². The number of aryl methyl sites for hydroxylation is 1. The molecule has 0 aliphatic heterocycles. The number of carbonyl (C=O) groups excluding carboxylic acids is 1. The molecule has 1 heterocycles. The van der Waals surface area contributed by atoms with Crippen LogP contribution in [0.1, 0.15) is 48.0 Å². The fourth-order valence-electron chi connectivity index (χ4n) is 2.82. The van der Waals surface area contributed by atoms with Gasteiger partial charge >= 0.3 is 0 Å². The summed E-state index contributed by atoms with van der Waals surface area (Å²) in [5, 5.41) is 0. The van der Waals surface area contributed by atoms with Crippen LogP contribution in [0.2, 0.25) is 0 Å². The molecule has 1 aliphatic rings. The number of rotatable bonds is 4. The van der Waals surface area contributed by atoms with Crippen LogP contribution >= 0.6 is 0 Å². The van der Waals surface area contributed by atoms with Crippen LogP contribution in [0, 0.1) is 6.92 Å². The summed E-state index contributed by atoms with van der Waals surface area (Å²) in [4.78, 5) is 18.7. The number of aromatic nitrogens is 1. The van der Waals surface area contributed by atoms with Crippen LogP contribution in [0.25, 0.3) is 0 Å². The molecule has 104 valence electrons. The Kier molecular flexibility index (Phi) is 4.91. The van der Waals surface area contributed by atoms with Gasteiger partial charge < -0.3 is 10.6 Å². The minimum Gasteiger partial charge on any atom is -0.334 e. The fraction of sp³-hybridized carbons (Fsp3) is 0.600. The first-order valence-corrected chi connectivity index (χ1v) is 7.15. The van der Waals surface area contributed by atoms with Gasteiger partial charge in [-0.1, -0.05) is 19.3 Å². The van der Waals surface area contributed by atoms with Crippen molar-refractivity contribution in [3.63, 3.8) is 0 Å². The average molecular weight is 261 g/mol. The SMILES string of the molecule is Cc1cncc(C(=O)N(CCN)C2CCCCC2)c1. The van der Waals surface area contributed by atoms with Crippen molar-refractivity contribution < 1.29 is 4.79 Å². The zero-order chi connectivity index (χ0) is 13.7. The smallest absolute Gasteiger partial charge is 0.255 e. The molecule has 4 nitrogen and oxygen atoms in total. The topological polar surface area (TPSA) is 59.2 Å². The lowest BCUT2D eigenvalue weighted by molar-refractivity contribution is 0.0641. The molecule has 4 heteroatoms. The molecular weight excluding hydrogens is 238 g/mol. The second kappa shape index (κ2) is 6.66. The Bertz CT molecular complexity index is 427. The molecular formula is C15H23N3O. The van der Waals surface area contributed by atoms with Gasteiger partial charge in [0.15, 0.2) is 0 Å². The van der Waals surface area contributed by atoms with Crippen molar-refractivity contribution in [3.8, 4) is 0 Å². The second-order valence-corrected chi connectivity index (χ2v) is 5.33. The maximum absolute atomic E-state index is 12.6. The molecule has 0 atom stereocenters. The minimum atomic E-state index is 0.0774. The summed E-state index contributed by atoms with van der Waals surface area (Å²) in [6.45, 7) is 3.11. The maximum Gasteiger partial charge on any atom is 0.255 e. The Morgan fingerprint density at radius 2 is 2.11 bits per heavy atom. The highest BCUT2D eigenvalue weighted by Gasteiger charge is 2.25. The molecule has 0 radical (unpaired) electrons. The number of hydrogen-bond donors (Lipinski definition) is 1. The number of hydrogen-bond acceptors (Lipinski definition) is 3. The molecule has 0 aromatic carbocycles.